The number of benzene rings is 1. The number of methoxy groups -OCH3 is 1. The third kappa shape index (κ3) is 4.14. The number of hydrogen-bond donors (Lipinski definition) is 1. The number of alkyl halides is 2. The molecule has 3 aromatic rings. The summed E-state index contributed by atoms with van der Waals surface area (Å²) in [4.78, 5) is 6.76. The molecule has 4 rings (SSSR count). The molecule has 9 heteroatoms. The Kier molecular flexibility index (Phi) is 5.95. The van der Waals surface area contributed by atoms with Gasteiger partial charge in [-0.1, -0.05) is 18.2 Å². The Morgan fingerprint density at radius 1 is 1.23 bits per heavy atom. The standard InChI is InChI=1S/C22H24F3N5O/c1-12(16-5-4-6-17(19(16)23)21(24)25)27-22-18-9-14(30-8-7-15(11-30)31-3)10-26-20(18)13(2)28-29-22/h4-6,9-10,12,15,21H,7-8,11H2,1-3H3,(H,27,29)/t12-,15-/m1/s1. The summed E-state index contributed by atoms with van der Waals surface area (Å²) in [6, 6.07) is 5.38. The fourth-order valence-electron chi connectivity index (χ4n) is 3.94. The molecule has 2 aromatic heterocycles. The molecule has 164 valence electrons. The Morgan fingerprint density at radius 2 is 2.00 bits per heavy atom. The topological polar surface area (TPSA) is 63.2 Å². The Bertz CT molecular complexity index is 1090. The van der Waals surface area contributed by atoms with Crippen LogP contribution in [0.3, 0.4) is 0 Å². The SMILES string of the molecule is CO[C@@H]1CCN(c2cnc3c(C)nnc(N[C@H](C)c4cccc(C(F)F)c4F)c3c2)C1. The van der Waals surface area contributed by atoms with Gasteiger partial charge in [-0.25, -0.2) is 13.2 Å². The number of aromatic nitrogens is 3. The Morgan fingerprint density at radius 3 is 2.71 bits per heavy atom. The number of nitrogens with one attached hydrogen (secondary N) is 1. The largest absolute Gasteiger partial charge is 0.380 e. The smallest absolute Gasteiger partial charge is 0.266 e. The van der Waals surface area contributed by atoms with Crippen LogP contribution in [0.5, 0.6) is 0 Å². The van der Waals surface area contributed by atoms with Crippen molar-refractivity contribution in [3.8, 4) is 0 Å². The molecule has 0 amide bonds. The van der Waals surface area contributed by atoms with Gasteiger partial charge in [0.05, 0.1) is 40.8 Å². The molecule has 1 aromatic carbocycles. The Balaban J connectivity index is 1.68. The van der Waals surface area contributed by atoms with Crippen LogP contribution in [0.15, 0.2) is 30.5 Å². The van der Waals surface area contributed by atoms with Crippen molar-refractivity contribution in [2.75, 3.05) is 30.4 Å². The van der Waals surface area contributed by atoms with Crippen molar-refractivity contribution >= 4 is 22.4 Å². The average molecular weight is 431 g/mol. The maximum atomic E-state index is 14.6. The lowest BCUT2D eigenvalue weighted by molar-refractivity contribution is 0.121. The minimum Gasteiger partial charge on any atom is -0.380 e. The first-order valence-electron chi connectivity index (χ1n) is 10.1. The summed E-state index contributed by atoms with van der Waals surface area (Å²) in [6.45, 7) is 5.14. The number of anilines is 2. The second kappa shape index (κ2) is 8.66. The van der Waals surface area contributed by atoms with Gasteiger partial charge < -0.3 is 15.0 Å². The maximum Gasteiger partial charge on any atom is 0.266 e. The van der Waals surface area contributed by atoms with Gasteiger partial charge in [-0.05, 0) is 26.3 Å². The molecular weight excluding hydrogens is 407 g/mol. The second-order valence-electron chi connectivity index (χ2n) is 7.73. The summed E-state index contributed by atoms with van der Waals surface area (Å²) in [5.41, 5.74) is 1.80. The van der Waals surface area contributed by atoms with Crippen molar-refractivity contribution in [1.82, 2.24) is 15.2 Å². The van der Waals surface area contributed by atoms with E-state index in [1.165, 1.54) is 12.1 Å². The average Bonchev–Trinajstić information content (AvgIpc) is 3.25. The zero-order chi connectivity index (χ0) is 22.1. The van der Waals surface area contributed by atoms with Crippen LogP contribution in [0, 0.1) is 12.7 Å². The van der Waals surface area contributed by atoms with Crippen LogP contribution in [0.1, 0.15) is 42.6 Å². The van der Waals surface area contributed by atoms with Gasteiger partial charge in [0.2, 0.25) is 0 Å². The Labute approximate surface area is 178 Å². The van der Waals surface area contributed by atoms with Crippen LogP contribution in [0.2, 0.25) is 0 Å². The van der Waals surface area contributed by atoms with Crippen LogP contribution in [0.25, 0.3) is 10.9 Å². The van der Waals surface area contributed by atoms with E-state index in [9.17, 15) is 13.2 Å². The maximum absolute atomic E-state index is 14.6. The summed E-state index contributed by atoms with van der Waals surface area (Å²) in [5, 5.41) is 12.3. The molecule has 0 bridgehead atoms. The van der Waals surface area contributed by atoms with E-state index >= 15 is 0 Å². The highest BCUT2D eigenvalue weighted by Gasteiger charge is 2.24. The minimum atomic E-state index is -2.88. The summed E-state index contributed by atoms with van der Waals surface area (Å²) < 4.78 is 46.2. The molecule has 3 heterocycles. The van der Waals surface area contributed by atoms with Crippen LogP contribution in [0.4, 0.5) is 24.7 Å². The lowest BCUT2D eigenvalue weighted by Crippen LogP contribution is -2.22. The highest BCUT2D eigenvalue weighted by atomic mass is 19.3. The van der Waals surface area contributed by atoms with E-state index < -0.39 is 23.8 Å². The summed E-state index contributed by atoms with van der Waals surface area (Å²) >= 11 is 0. The van der Waals surface area contributed by atoms with Crippen molar-refractivity contribution in [2.24, 2.45) is 0 Å². The van der Waals surface area contributed by atoms with Crippen molar-refractivity contribution in [3.05, 3.63) is 53.1 Å². The molecule has 1 aliphatic rings. The van der Waals surface area contributed by atoms with E-state index in [2.05, 4.69) is 25.4 Å². The number of hydrogen-bond acceptors (Lipinski definition) is 6. The van der Waals surface area contributed by atoms with E-state index in [-0.39, 0.29) is 11.7 Å². The van der Waals surface area contributed by atoms with Crippen molar-refractivity contribution in [2.45, 2.75) is 38.8 Å². The summed E-state index contributed by atoms with van der Waals surface area (Å²) in [7, 11) is 1.71. The molecule has 0 aliphatic carbocycles. The molecule has 0 unspecified atom stereocenters. The molecule has 0 saturated carbocycles. The van der Waals surface area contributed by atoms with Gasteiger partial charge in [0, 0.05) is 31.1 Å². The first-order chi connectivity index (χ1) is 14.9. The van der Waals surface area contributed by atoms with Gasteiger partial charge >= 0.3 is 0 Å². The summed E-state index contributed by atoms with van der Waals surface area (Å²) in [6.07, 6.45) is 0.0314. The van der Waals surface area contributed by atoms with Crippen LogP contribution < -0.4 is 10.2 Å². The molecule has 31 heavy (non-hydrogen) atoms. The lowest BCUT2D eigenvalue weighted by Gasteiger charge is -2.21. The van der Waals surface area contributed by atoms with Gasteiger partial charge in [-0.2, -0.15) is 5.10 Å². The molecule has 6 nitrogen and oxygen atoms in total. The monoisotopic (exact) mass is 431 g/mol. The van der Waals surface area contributed by atoms with Gasteiger partial charge in [0.15, 0.2) is 5.82 Å². The van der Waals surface area contributed by atoms with E-state index in [0.29, 0.717) is 17.0 Å². The highest BCUT2D eigenvalue weighted by Crippen LogP contribution is 2.32. The van der Waals surface area contributed by atoms with Gasteiger partial charge in [0.1, 0.15) is 5.82 Å². The zero-order valence-corrected chi connectivity index (χ0v) is 17.6. The van der Waals surface area contributed by atoms with Crippen LogP contribution in [-0.2, 0) is 4.74 Å². The van der Waals surface area contributed by atoms with Gasteiger partial charge in [-0.15, -0.1) is 5.10 Å². The molecular formula is C22H24F3N5O. The number of halogens is 3. The number of nitrogens with zero attached hydrogens (tertiary/aromatic N) is 4. The summed E-state index contributed by atoms with van der Waals surface area (Å²) in [5.74, 6) is -0.491. The predicted molar refractivity (Wildman–Crippen MR) is 113 cm³/mol. The van der Waals surface area contributed by atoms with Gasteiger partial charge in [0.25, 0.3) is 6.43 Å². The van der Waals surface area contributed by atoms with Crippen molar-refractivity contribution in [1.29, 1.82) is 0 Å². The molecule has 0 radical (unpaired) electrons. The van der Waals surface area contributed by atoms with E-state index in [1.807, 2.05) is 13.0 Å². The van der Waals surface area contributed by atoms with Crippen molar-refractivity contribution in [3.63, 3.8) is 0 Å². The van der Waals surface area contributed by atoms with E-state index in [4.69, 9.17) is 4.74 Å². The molecule has 1 fully saturated rings. The molecule has 0 spiro atoms. The molecule has 1 aliphatic heterocycles. The molecule has 1 saturated heterocycles. The Hall–Kier alpha value is -2.94. The first kappa shape index (κ1) is 21.3. The normalized spacial score (nSPS) is 17.5. The number of rotatable bonds is 6. The van der Waals surface area contributed by atoms with Gasteiger partial charge in [-0.3, -0.25) is 4.98 Å². The zero-order valence-electron chi connectivity index (χ0n) is 17.6. The number of aryl methyl sites for hydroxylation is 1. The van der Waals surface area contributed by atoms with Crippen LogP contribution >= 0.6 is 0 Å². The third-order valence-electron chi connectivity index (χ3n) is 5.73. The minimum absolute atomic E-state index is 0.139. The second-order valence-corrected chi connectivity index (χ2v) is 7.73. The lowest BCUT2D eigenvalue weighted by atomic mass is 10.0. The highest BCUT2D eigenvalue weighted by molar-refractivity contribution is 5.92. The van der Waals surface area contributed by atoms with Crippen molar-refractivity contribution < 1.29 is 17.9 Å². The number of ether oxygens (including phenoxy) is 1. The number of pyridine rings is 1. The third-order valence-corrected chi connectivity index (χ3v) is 5.73. The first-order valence-corrected chi connectivity index (χ1v) is 10.1. The van der Waals surface area contributed by atoms with Crippen LogP contribution in [-0.4, -0.2) is 41.5 Å². The fourth-order valence-corrected chi connectivity index (χ4v) is 3.94. The quantitative estimate of drug-likeness (QED) is 0.605. The van der Waals surface area contributed by atoms with E-state index in [0.717, 1.165) is 36.7 Å². The number of fused-ring (bicyclic) bond motifs is 1. The fraction of sp³-hybridized carbons (Fsp3) is 0.409. The molecule has 1 N–H and O–H groups in total. The van der Waals surface area contributed by atoms with E-state index in [1.54, 1.807) is 20.2 Å². The predicted octanol–water partition coefficient (Wildman–Crippen LogP) is 4.81. The molecule has 2 atom stereocenters.